The van der Waals surface area contributed by atoms with Crippen LogP contribution in [-0.2, 0) is 5.41 Å². The first-order valence-electron chi connectivity index (χ1n) is 20.2. The maximum absolute atomic E-state index is 7.93. The number of para-hydroxylation sites is 1. The summed E-state index contributed by atoms with van der Waals surface area (Å²) in [5.74, 6) is 0. The fourth-order valence-electron chi connectivity index (χ4n) is 10.2. The van der Waals surface area contributed by atoms with E-state index in [4.69, 9.17) is 6.57 Å². The lowest BCUT2D eigenvalue weighted by Crippen LogP contribution is -2.74. The molecule has 0 saturated carbocycles. The Balaban J connectivity index is 1.21. The van der Waals surface area contributed by atoms with Gasteiger partial charge in [0.2, 0.25) is 0 Å². The summed E-state index contributed by atoms with van der Waals surface area (Å²) in [5, 5.41) is 7.62. The number of hydrogen-bond donors (Lipinski definition) is 0. The molecule has 1 aromatic heterocycles. The number of nitrogens with zero attached hydrogens (tertiary/aromatic N) is 2. The van der Waals surface area contributed by atoms with Crippen LogP contribution in [0, 0.1) is 6.57 Å². The van der Waals surface area contributed by atoms with Crippen LogP contribution in [0.2, 0.25) is 0 Å². The number of aromatic nitrogens is 1. The number of rotatable bonds is 7. The second kappa shape index (κ2) is 13.8. The lowest BCUT2D eigenvalue weighted by atomic mass is 9.67. The smallest absolute Gasteiger partial charge is 0.188 e. The van der Waals surface area contributed by atoms with Gasteiger partial charge in [-0.15, -0.1) is 0 Å². The lowest BCUT2D eigenvalue weighted by Gasteiger charge is -2.36. The first-order valence-corrected chi connectivity index (χ1v) is 22.2. The van der Waals surface area contributed by atoms with Crippen LogP contribution in [-0.4, -0.2) is 12.6 Å². The van der Waals surface area contributed by atoms with Crippen molar-refractivity contribution in [3.8, 4) is 16.8 Å². The highest BCUT2D eigenvalue weighted by Gasteiger charge is 2.47. The van der Waals surface area contributed by atoms with E-state index >= 15 is 0 Å². The van der Waals surface area contributed by atoms with Crippen LogP contribution in [0.1, 0.15) is 22.3 Å². The molecule has 59 heavy (non-hydrogen) atoms. The molecule has 0 fully saturated rings. The molecule has 10 aromatic rings. The van der Waals surface area contributed by atoms with Crippen molar-refractivity contribution >= 4 is 56.3 Å². The van der Waals surface area contributed by atoms with E-state index in [0.29, 0.717) is 5.69 Å². The van der Waals surface area contributed by atoms with Crippen molar-refractivity contribution in [2.24, 2.45) is 0 Å². The van der Waals surface area contributed by atoms with Crippen LogP contribution in [0.15, 0.2) is 231 Å². The number of fused-ring (bicyclic) bond motifs is 6. The van der Waals surface area contributed by atoms with E-state index in [9.17, 15) is 0 Å². The van der Waals surface area contributed by atoms with Gasteiger partial charge in [0.1, 0.15) is 0 Å². The molecule has 0 radical (unpaired) electrons. The van der Waals surface area contributed by atoms with Gasteiger partial charge in [0.15, 0.2) is 13.8 Å². The summed E-state index contributed by atoms with van der Waals surface area (Å²) >= 11 is 0. The average Bonchev–Trinajstić information content (AvgIpc) is 3.81. The summed E-state index contributed by atoms with van der Waals surface area (Å²) in [4.78, 5) is 3.87. The SMILES string of the molecule is [C-]#[N+]c1ccc2c(c1)c1cc(C3(c4ccc([Si](c5ccccc5)(c5ccccc5)c5ccccc5)cc4)c4ccccc4-c4ccccc43)ccc1n2-c1ccccc1. The predicted octanol–water partition coefficient (Wildman–Crippen LogP) is 11.1. The number of benzene rings is 9. The average molecular weight is 767 g/mol. The molecule has 0 atom stereocenters. The third kappa shape index (κ3) is 5.10. The topological polar surface area (TPSA) is 9.29 Å². The van der Waals surface area contributed by atoms with E-state index in [1.165, 1.54) is 54.1 Å². The van der Waals surface area contributed by atoms with E-state index in [1.54, 1.807) is 0 Å². The van der Waals surface area contributed by atoms with Crippen molar-refractivity contribution in [3.05, 3.63) is 264 Å². The molecule has 0 aliphatic heterocycles. The number of hydrogen-bond acceptors (Lipinski definition) is 0. The van der Waals surface area contributed by atoms with Crippen LogP contribution in [0.4, 0.5) is 5.69 Å². The Morgan fingerprint density at radius 1 is 0.390 bits per heavy atom. The van der Waals surface area contributed by atoms with E-state index < -0.39 is 13.5 Å². The summed E-state index contributed by atoms with van der Waals surface area (Å²) in [5.41, 5.74) is 10.8. The maximum atomic E-state index is 7.93. The first-order chi connectivity index (χ1) is 29.2. The van der Waals surface area contributed by atoms with Crippen molar-refractivity contribution in [1.29, 1.82) is 0 Å². The molecule has 1 heterocycles. The van der Waals surface area contributed by atoms with Gasteiger partial charge in [-0.25, -0.2) is 4.85 Å². The summed E-state index contributed by atoms with van der Waals surface area (Å²) in [6, 6.07) is 84.8. The zero-order valence-corrected chi connectivity index (χ0v) is 33.3. The monoisotopic (exact) mass is 766 g/mol. The van der Waals surface area contributed by atoms with Gasteiger partial charge in [-0.3, -0.25) is 0 Å². The quantitative estimate of drug-likeness (QED) is 0.0868. The van der Waals surface area contributed by atoms with Crippen LogP contribution in [0.5, 0.6) is 0 Å². The molecule has 1 aliphatic carbocycles. The molecule has 3 heteroatoms. The Bertz CT molecular complexity index is 3060. The van der Waals surface area contributed by atoms with Gasteiger partial charge in [0.25, 0.3) is 0 Å². The summed E-state index contributed by atoms with van der Waals surface area (Å²) in [7, 11) is -2.74. The lowest BCUT2D eigenvalue weighted by molar-refractivity contribution is 0.770. The first kappa shape index (κ1) is 34.7. The van der Waals surface area contributed by atoms with E-state index in [-0.39, 0.29) is 0 Å². The Labute approximate surface area is 345 Å². The molecule has 11 rings (SSSR count). The van der Waals surface area contributed by atoms with Gasteiger partial charge < -0.3 is 4.57 Å². The summed E-state index contributed by atoms with van der Waals surface area (Å²) in [6.07, 6.45) is 0. The fraction of sp³-hybridized carbons (Fsp3) is 0.0179. The van der Waals surface area contributed by atoms with Crippen LogP contribution < -0.4 is 20.7 Å². The second-order valence-electron chi connectivity index (χ2n) is 15.5. The molecule has 2 nitrogen and oxygen atoms in total. The highest BCUT2D eigenvalue weighted by atomic mass is 28.3. The third-order valence-corrected chi connectivity index (χ3v) is 17.4. The van der Waals surface area contributed by atoms with Crippen molar-refractivity contribution in [2.75, 3.05) is 0 Å². The van der Waals surface area contributed by atoms with Gasteiger partial charge in [-0.05, 0) is 95.9 Å². The molecule has 0 unspecified atom stereocenters. The molecule has 1 aliphatic rings. The minimum absolute atomic E-state index is 0.602. The molecule has 0 spiro atoms. The molecule has 0 saturated heterocycles. The second-order valence-corrected chi connectivity index (χ2v) is 19.3. The molecule has 0 N–H and O–H groups in total. The van der Waals surface area contributed by atoms with E-state index in [1.807, 2.05) is 6.07 Å². The fourth-order valence-corrected chi connectivity index (χ4v) is 15.0. The largest absolute Gasteiger partial charge is 0.309 e. The highest BCUT2D eigenvalue weighted by Crippen LogP contribution is 2.56. The maximum Gasteiger partial charge on any atom is 0.188 e. The van der Waals surface area contributed by atoms with Gasteiger partial charge in [0.05, 0.1) is 23.0 Å². The molecule has 9 aromatic carbocycles. The molecule has 0 amide bonds. The van der Waals surface area contributed by atoms with Crippen LogP contribution >= 0.6 is 0 Å². The van der Waals surface area contributed by atoms with Crippen molar-refractivity contribution in [1.82, 2.24) is 4.57 Å². The zero-order chi connectivity index (χ0) is 39.4. The third-order valence-electron chi connectivity index (χ3n) is 12.6. The van der Waals surface area contributed by atoms with Gasteiger partial charge in [0, 0.05) is 11.1 Å². The van der Waals surface area contributed by atoms with Crippen molar-refractivity contribution < 1.29 is 0 Å². The Morgan fingerprint density at radius 3 is 1.34 bits per heavy atom. The standard InChI is InChI=1S/C56H38N2Si/c1-57-42-33-37-55-51(39-42)50-38-41(32-36-54(50)58(55)43-18-6-2-7-19-43)56(52-28-16-14-26-48(52)49-27-15-17-29-53(49)56)40-30-34-47(35-31-40)59(44-20-8-3-9-21-44,45-22-10-4-11-23-45)46-24-12-5-13-25-46/h2-39H. The summed E-state index contributed by atoms with van der Waals surface area (Å²) in [6.45, 7) is 7.93. The zero-order valence-electron chi connectivity index (χ0n) is 32.3. The Morgan fingerprint density at radius 2 is 0.814 bits per heavy atom. The van der Waals surface area contributed by atoms with Gasteiger partial charge >= 0.3 is 0 Å². The van der Waals surface area contributed by atoms with Crippen molar-refractivity contribution in [2.45, 2.75) is 5.41 Å². The Kier molecular flexibility index (Phi) is 8.15. The molecular weight excluding hydrogens is 729 g/mol. The summed E-state index contributed by atoms with van der Waals surface area (Å²) < 4.78 is 2.33. The normalized spacial score (nSPS) is 12.9. The molecule has 0 bridgehead atoms. The predicted molar refractivity (Wildman–Crippen MR) is 248 cm³/mol. The Hall–Kier alpha value is -7.51. The molecule has 276 valence electrons. The minimum Gasteiger partial charge on any atom is -0.309 e. The highest BCUT2D eigenvalue weighted by molar-refractivity contribution is 7.19. The van der Waals surface area contributed by atoms with E-state index in [0.717, 1.165) is 27.5 Å². The van der Waals surface area contributed by atoms with Gasteiger partial charge in [-0.1, -0.05) is 194 Å². The van der Waals surface area contributed by atoms with Crippen LogP contribution in [0.3, 0.4) is 0 Å². The van der Waals surface area contributed by atoms with Crippen LogP contribution in [0.25, 0.3) is 43.5 Å². The molecular formula is C56H38N2Si. The van der Waals surface area contributed by atoms with E-state index in [2.05, 4.69) is 234 Å². The minimum atomic E-state index is -2.74. The van der Waals surface area contributed by atoms with Gasteiger partial charge in [-0.2, -0.15) is 0 Å². The van der Waals surface area contributed by atoms with Crippen molar-refractivity contribution in [3.63, 3.8) is 0 Å².